The van der Waals surface area contributed by atoms with E-state index in [0.29, 0.717) is 4.90 Å². The molecule has 10 heteroatoms. The Labute approximate surface area is 163 Å². The van der Waals surface area contributed by atoms with Gasteiger partial charge in [-0.1, -0.05) is 11.6 Å². The van der Waals surface area contributed by atoms with E-state index in [-0.39, 0.29) is 16.4 Å². The Kier molecular flexibility index (Phi) is 7.14. The van der Waals surface area contributed by atoms with Crippen LogP contribution in [0.4, 0.5) is 15.8 Å². The van der Waals surface area contributed by atoms with Crippen molar-refractivity contribution in [2.75, 3.05) is 11.9 Å². The number of rotatable bonds is 7. The summed E-state index contributed by atoms with van der Waals surface area (Å²) in [6.07, 6.45) is 0. The van der Waals surface area contributed by atoms with Crippen molar-refractivity contribution in [2.45, 2.75) is 17.1 Å². The molecule has 0 saturated heterocycles. The number of nitrogens with zero attached hydrogens (tertiary/aromatic N) is 1. The highest BCUT2D eigenvalue weighted by Gasteiger charge is 2.18. The van der Waals surface area contributed by atoms with Crippen LogP contribution < -0.4 is 5.32 Å². The summed E-state index contributed by atoms with van der Waals surface area (Å²) in [6.45, 7) is 1.06. The Bertz CT molecular complexity index is 863. The lowest BCUT2D eigenvalue weighted by Crippen LogP contribution is -2.24. The molecule has 0 heterocycles. The SMILES string of the molecule is C[C@H](Sc1ccc([N+](=O)[O-])cc1)C(=O)OCC(=O)Nc1ccc(F)cc1Cl. The van der Waals surface area contributed by atoms with E-state index in [1.165, 1.54) is 30.3 Å². The molecule has 2 aromatic rings. The van der Waals surface area contributed by atoms with Gasteiger partial charge in [-0.2, -0.15) is 0 Å². The number of ether oxygens (including phenoxy) is 1. The first kappa shape index (κ1) is 20.7. The van der Waals surface area contributed by atoms with E-state index in [9.17, 15) is 24.1 Å². The van der Waals surface area contributed by atoms with E-state index in [1.54, 1.807) is 6.92 Å². The van der Waals surface area contributed by atoms with Crippen LogP contribution in [0.2, 0.25) is 5.02 Å². The molecule has 0 aliphatic carbocycles. The van der Waals surface area contributed by atoms with Gasteiger partial charge in [-0.25, -0.2) is 4.39 Å². The van der Waals surface area contributed by atoms with Gasteiger partial charge in [0.1, 0.15) is 11.1 Å². The highest BCUT2D eigenvalue weighted by molar-refractivity contribution is 8.00. The van der Waals surface area contributed by atoms with Gasteiger partial charge in [0, 0.05) is 17.0 Å². The van der Waals surface area contributed by atoms with Gasteiger partial charge in [0.15, 0.2) is 6.61 Å². The van der Waals surface area contributed by atoms with Gasteiger partial charge in [0.05, 0.1) is 15.6 Å². The number of hydrogen-bond donors (Lipinski definition) is 1. The third-order valence-electron chi connectivity index (χ3n) is 3.24. The molecule has 2 rings (SSSR count). The van der Waals surface area contributed by atoms with Crippen molar-refractivity contribution in [3.63, 3.8) is 0 Å². The summed E-state index contributed by atoms with van der Waals surface area (Å²) in [5, 5.41) is 12.4. The van der Waals surface area contributed by atoms with Crippen LogP contribution in [0.15, 0.2) is 47.4 Å². The van der Waals surface area contributed by atoms with E-state index in [1.807, 2.05) is 0 Å². The molecule has 2 aromatic carbocycles. The van der Waals surface area contributed by atoms with Crippen LogP contribution in [0.3, 0.4) is 0 Å². The van der Waals surface area contributed by atoms with Gasteiger partial charge in [-0.15, -0.1) is 11.8 Å². The van der Waals surface area contributed by atoms with E-state index >= 15 is 0 Å². The van der Waals surface area contributed by atoms with Gasteiger partial charge in [0.2, 0.25) is 0 Å². The van der Waals surface area contributed by atoms with Crippen molar-refractivity contribution in [2.24, 2.45) is 0 Å². The maximum absolute atomic E-state index is 13.0. The fourth-order valence-corrected chi connectivity index (χ4v) is 3.01. The molecule has 0 aromatic heterocycles. The molecule has 1 N–H and O–H groups in total. The van der Waals surface area contributed by atoms with E-state index in [2.05, 4.69) is 5.32 Å². The van der Waals surface area contributed by atoms with E-state index in [4.69, 9.17) is 16.3 Å². The van der Waals surface area contributed by atoms with Crippen LogP contribution in [0.1, 0.15) is 6.92 Å². The lowest BCUT2D eigenvalue weighted by molar-refractivity contribution is -0.384. The standard InChI is InChI=1S/C17H14ClFN2O5S/c1-10(27-13-5-3-12(4-6-13)21(24)25)17(23)26-9-16(22)20-15-7-2-11(19)8-14(15)18/h2-8,10H,9H2,1H3,(H,20,22)/t10-/m0/s1. The van der Waals surface area contributed by atoms with Gasteiger partial charge >= 0.3 is 5.97 Å². The number of carbonyl (C=O) groups excluding carboxylic acids is 2. The number of hydrogen-bond acceptors (Lipinski definition) is 6. The topological polar surface area (TPSA) is 98.5 Å². The molecule has 0 saturated carbocycles. The summed E-state index contributed by atoms with van der Waals surface area (Å²) in [5.74, 6) is -1.79. The number of nitro benzene ring substituents is 1. The normalized spacial score (nSPS) is 11.5. The zero-order valence-corrected chi connectivity index (χ0v) is 15.6. The molecule has 0 aliphatic heterocycles. The van der Waals surface area contributed by atoms with Crippen molar-refractivity contribution in [3.8, 4) is 0 Å². The Morgan fingerprint density at radius 3 is 2.56 bits per heavy atom. The molecule has 27 heavy (non-hydrogen) atoms. The fraction of sp³-hybridized carbons (Fsp3) is 0.176. The zero-order valence-electron chi connectivity index (χ0n) is 14.0. The second-order valence-electron chi connectivity index (χ2n) is 5.29. The van der Waals surface area contributed by atoms with Gasteiger partial charge in [0.25, 0.3) is 11.6 Å². The first-order valence-electron chi connectivity index (χ1n) is 7.59. The first-order chi connectivity index (χ1) is 12.8. The molecule has 142 valence electrons. The number of amides is 1. The molecule has 0 spiro atoms. The smallest absolute Gasteiger partial charge is 0.319 e. The summed E-state index contributed by atoms with van der Waals surface area (Å²) < 4.78 is 17.9. The number of anilines is 1. The number of benzene rings is 2. The Balaban J connectivity index is 1.83. The Morgan fingerprint density at radius 2 is 1.96 bits per heavy atom. The molecular formula is C17H14ClFN2O5S. The van der Waals surface area contributed by atoms with Crippen molar-refractivity contribution in [3.05, 3.63) is 63.4 Å². The summed E-state index contributed by atoms with van der Waals surface area (Å²) in [6, 6.07) is 9.19. The maximum Gasteiger partial charge on any atom is 0.319 e. The Hall–Kier alpha value is -2.65. The molecule has 0 bridgehead atoms. The minimum Gasteiger partial charge on any atom is -0.455 e. The molecule has 0 unspecified atom stereocenters. The maximum atomic E-state index is 13.0. The zero-order chi connectivity index (χ0) is 20.0. The number of non-ortho nitro benzene ring substituents is 1. The Morgan fingerprint density at radius 1 is 1.30 bits per heavy atom. The highest BCUT2D eigenvalue weighted by Crippen LogP contribution is 2.26. The van der Waals surface area contributed by atoms with Crippen LogP contribution >= 0.6 is 23.4 Å². The van der Waals surface area contributed by atoms with Gasteiger partial charge in [-0.3, -0.25) is 19.7 Å². The molecule has 1 atom stereocenters. The van der Waals surface area contributed by atoms with Crippen molar-refractivity contribution < 1.29 is 23.6 Å². The molecular weight excluding hydrogens is 399 g/mol. The largest absolute Gasteiger partial charge is 0.455 e. The average molecular weight is 413 g/mol. The van der Waals surface area contributed by atoms with Crippen molar-refractivity contribution >= 4 is 46.6 Å². The molecule has 0 aliphatic rings. The number of esters is 1. The molecule has 7 nitrogen and oxygen atoms in total. The number of carbonyl (C=O) groups is 2. The average Bonchev–Trinajstić information content (AvgIpc) is 2.62. The number of nitrogens with one attached hydrogen (secondary N) is 1. The van der Waals surface area contributed by atoms with Crippen molar-refractivity contribution in [1.29, 1.82) is 0 Å². The third kappa shape index (κ3) is 6.22. The predicted molar refractivity (Wildman–Crippen MR) is 99.4 cm³/mol. The number of thioether (sulfide) groups is 1. The minimum atomic E-state index is -0.631. The third-order valence-corrected chi connectivity index (χ3v) is 4.65. The highest BCUT2D eigenvalue weighted by atomic mass is 35.5. The van der Waals surface area contributed by atoms with Crippen LogP contribution in [0.25, 0.3) is 0 Å². The fourth-order valence-electron chi connectivity index (χ4n) is 1.93. The second-order valence-corrected chi connectivity index (χ2v) is 7.11. The quantitative estimate of drug-likeness (QED) is 0.319. The lowest BCUT2D eigenvalue weighted by Gasteiger charge is -2.12. The van der Waals surface area contributed by atoms with Gasteiger partial charge < -0.3 is 10.1 Å². The molecule has 0 radical (unpaired) electrons. The van der Waals surface area contributed by atoms with E-state index < -0.39 is 34.5 Å². The van der Waals surface area contributed by atoms with E-state index in [0.717, 1.165) is 23.9 Å². The summed E-state index contributed by atoms with van der Waals surface area (Å²) in [4.78, 5) is 34.6. The minimum absolute atomic E-state index is 0.0248. The molecule has 0 fully saturated rings. The second kappa shape index (κ2) is 9.33. The van der Waals surface area contributed by atoms with Crippen LogP contribution in [0, 0.1) is 15.9 Å². The lowest BCUT2D eigenvalue weighted by atomic mass is 10.3. The first-order valence-corrected chi connectivity index (χ1v) is 8.84. The monoisotopic (exact) mass is 412 g/mol. The van der Waals surface area contributed by atoms with Crippen LogP contribution in [0.5, 0.6) is 0 Å². The van der Waals surface area contributed by atoms with Crippen LogP contribution in [-0.4, -0.2) is 28.7 Å². The summed E-state index contributed by atoms with van der Waals surface area (Å²) >= 11 is 6.94. The van der Waals surface area contributed by atoms with Crippen molar-refractivity contribution in [1.82, 2.24) is 0 Å². The number of nitro groups is 1. The summed E-state index contributed by atoms with van der Waals surface area (Å²) in [5.41, 5.74) is 0.151. The summed E-state index contributed by atoms with van der Waals surface area (Å²) in [7, 11) is 0. The van der Waals surface area contributed by atoms with Gasteiger partial charge in [-0.05, 0) is 37.3 Å². The predicted octanol–water partition coefficient (Wildman–Crippen LogP) is 4.05. The van der Waals surface area contributed by atoms with Crippen LogP contribution in [-0.2, 0) is 14.3 Å². The number of halogens is 2. The molecule has 1 amide bonds.